The molecule has 0 aromatic carbocycles. The summed E-state index contributed by atoms with van der Waals surface area (Å²) in [7, 11) is 0. The lowest BCUT2D eigenvalue weighted by molar-refractivity contribution is 0.0606. The number of hydrogen-bond acceptors (Lipinski definition) is 4. The highest BCUT2D eigenvalue weighted by molar-refractivity contribution is 4.87. The second-order valence-corrected chi connectivity index (χ2v) is 6.14. The zero-order valence-electron chi connectivity index (χ0n) is 11.3. The van der Waals surface area contributed by atoms with Crippen molar-refractivity contribution < 1.29 is 9.84 Å². The molecule has 104 valence electrons. The van der Waals surface area contributed by atoms with Crippen LogP contribution in [0.5, 0.6) is 0 Å². The number of aliphatic hydroxyl groups excluding tert-OH is 1. The largest absolute Gasteiger partial charge is 0.391 e. The van der Waals surface area contributed by atoms with Gasteiger partial charge >= 0.3 is 0 Å². The summed E-state index contributed by atoms with van der Waals surface area (Å²) in [6, 6.07) is 0.750. The van der Waals surface area contributed by atoms with Crippen LogP contribution < -0.4 is 0 Å². The molecule has 0 spiro atoms. The molecular weight excluding hydrogens is 228 g/mol. The van der Waals surface area contributed by atoms with Gasteiger partial charge in [-0.15, -0.1) is 0 Å². The highest BCUT2D eigenvalue weighted by Gasteiger charge is 2.32. The summed E-state index contributed by atoms with van der Waals surface area (Å²) in [5.41, 5.74) is 0. The van der Waals surface area contributed by atoms with E-state index in [1.165, 1.54) is 32.4 Å². The second kappa shape index (κ2) is 5.87. The molecule has 3 unspecified atom stereocenters. The van der Waals surface area contributed by atoms with Gasteiger partial charge in [0.1, 0.15) is 0 Å². The van der Waals surface area contributed by atoms with Crippen molar-refractivity contribution in [2.45, 2.75) is 37.8 Å². The minimum Gasteiger partial charge on any atom is -0.391 e. The molecule has 4 nitrogen and oxygen atoms in total. The predicted molar refractivity (Wildman–Crippen MR) is 70.6 cm³/mol. The average Bonchev–Trinajstić information content (AvgIpc) is 3.12. The molecule has 0 bridgehead atoms. The van der Waals surface area contributed by atoms with E-state index in [2.05, 4.69) is 9.80 Å². The smallest absolute Gasteiger partial charge is 0.0718 e. The lowest BCUT2D eigenvalue weighted by Gasteiger charge is -2.26. The quantitative estimate of drug-likeness (QED) is 0.795. The number of nitrogens with zero attached hydrogens (tertiary/aromatic N) is 2. The third-order valence-electron chi connectivity index (χ3n) is 4.86. The van der Waals surface area contributed by atoms with Crippen LogP contribution in [-0.4, -0.2) is 73.0 Å². The maximum Gasteiger partial charge on any atom is 0.0718 e. The van der Waals surface area contributed by atoms with E-state index in [1.54, 1.807) is 0 Å². The van der Waals surface area contributed by atoms with Crippen molar-refractivity contribution in [2.24, 2.45) is 5.92 Å². The first-order chi connectivity index (χ1) is 8.83. The molecule has 3 rings (SSSR count). The highest BCUT2D eigenvalue weighted by atomic mass is 16.5. The van der Waals surface area contributed by atoms with Crippen molar-refractivity contribution in [2.75, 3.05) is 45.9 Å². The van der Waals surface area contributed by atoms with E-state index in [0.29, 0.717) is 5.92 Å². The third kappa shape index (κ3) is 2.87. The van der Waals surface area contributed by atoms with Crippen LogP contribution in [-0.2, 0) is 4.74 Å². The van der Waals surface area contributed by atoms with Crippen LogP contribution in [0.3, 0.4) is 0 Å². The molecule has 0 amide bonds. The van der Waals surface area contributed by atoms with Crippen LogP contribution >= 0.6 is 0 Å². The zero-order chi connectivity index (χ0) is 12.4. The molecule has 0 aliphatic carbocycles. The van der Waals surface area contributed by atoms with E-state index in [0.717, 1.165) is 45.3 Å². The zero-order valence-corrected chi connectivity index (χ0v) is 11.3. The van der Waals surface area contributed by atoms with Crippen LogP contribution in [0.1, 0.15) is 25.7 Å². The average molecular weight is 254 g/mol. The number of hydrogen-bond donors (Lipinski definition) is 1. The minimum atomic E-state index is -0.190. The first kappa shape index (κ1) is 12.9. The maximum atomic E-state index is 10.2. The highest BCUT2D eigenvalue weighted by Crippen LogP contribution is 2.23. The Bertz CT molecular complexity index is 263. The number of rotatable bonds is 4. The standard InChI is InChI=1S/C14H26N2O2/c17-14(12-4-8-18-11-12)10-15-7-3-13(9-15)16-5-1-2-6-16/h12-14,17H,1-11H2. The number of β-amino-alcohol motifs (C(OH)–C–C–N with tert-alkyl or cyclic N) is 1. The summed E-state index contributed by atoms with van der Waals surface area (Å²) >= 11 is 0. The van der Waals surface area contributed by atoms with E-state index in [-0.39, 0.29) is 6.10 Å². The number of likely N-dealkylation sites (tertiary alicyclic amines) is 2. The van der Waals surface area contributed by atoms with Crippen molar-refractivity contribution in [3.63, 3.8) is 0 Å². The molecule has 3 aliphatic rings. The Labute approximate surface area is 110 Å². The molecule has 0 aromatic heterocycles. The van der Waals surface area contributed by atoms with Crippen LogP contribution in [0, 0.1) is 5.92 Å². The molecule has 3 heterocycles. The monoisotopic (exact) mass is 254 g/mol. The van der Waals surface area contributed by atoms with E-state index in [1.807, 2.05) is 0 Å². The van der Waals surface area contributed by atoms with Gasteiger partial charge in [0.2, 0.25) is 0 Å². The van der Waals surface area contributed by atoms with Gasteiger partial charge in [0.25, 0.3) is 0 Å². The summed E-state index contributed by atoms with van der Waals surface area (Å²) in [5, 5.41) is 10.2. The molecule has 0 saturated carbocycles. The summed E-state index contributed by atoms with van der Waals surface area (Å²) < 4.78 is 5.36. The summed E-state index contributed by atoms with van der Waals surface area (Å²) in [4.78, 5) is 5.09. The molecular formula is C14H26N2O2. The Morgan fingerprint density at radius 3 is 2.72 bits per heavy atom. The topological polar surface area (TPSA) is 35.9 Å². The molecule has 3 fully saturated rings. The first-order valence-corrected chi connectivity index (χ1v) is 7.55. The Hall–Kier alpha value is -0.160. The van der Waals surface area contributed by atoms with Gasteiger partial charge in [-0.25, -0.2) is 0 Å². The maximum absolute atomic E-state index is 10.2. The van der Waals surface area contributed by atoms with Crippen LogP contribution in [0.15, 0.2) is 0 Å². The molecule has 0 aromatic rings. The van der Waals surface area contributed by atoms with Gasteiger partial charge in [-0.1, -0.05) is 0 Å². The van der Waals surface area contributed by atoms with Gasteiger partial charge in [0, 0.05) is 31.7 Å². The molecule has 18 heavy (non-hydrogen) atoms. The van der Waals surface area contributed by atoms with Gasteiger partial charge in [-0.05, 0) is 45.3 Å². The van der Waals surface area contributed by atoms with E-state index >= 15 is 0 Å². The molecule has 3 atom stereocenters. The lowest BCUT2D eigenvalue weighted by atomic mass is 10.0. The van der Waals surface area contributed by atoms with Gasteiger partial charge in [0.05, 0.1) is 12.7 Å². The second-order valence-electron chi connectivity index (χ2n) is 6.14. The molecule has 0 radical (unpaired) electrons. The molecule has 3 saturated heterocycles. The Balaban J connectivity index is 1.43. The van der Waals surface area contributed by atoms with Gasteiger partial charge in [-0.2, -0.15) is 0 Å². The normalized spacial score (nSPS) is 36.5. The van der Waals surface area contributed by atoms with Crippen molar-refractivity contribution in [3.05, 3.63) is 0 Å². The van der Waals surface area contributed by atoms with E-state index < -0.39 is 0 Å². The first-order valence-electron chi connectivity index (χ1n) is 7.55. The van der Waals surface area contributed by atoms with Crippen molar-refractivity contribution >= 4 is 0 Å². The van der Waals surface area contributed by atoms with Crippen LogP contribution in [0.2, 0.25) is 0 Å². The SMILES string of the molecule is OC(CN1CCC(N2CCCC2)C1)C1CCOC1. The fourth-order valence-electron chi connectivity index (χ4n) is 3.65. The van der Waals surface area contributed by atoms with Crippen molar-refractivity contribution in [1.82, 2.24) is 9.80 Å². The summed E-state index contributed by atoms with van der Waals surface area (Å²) in [6.07, 6.45) is 4.88. The predicted octanol–water partition coefficient (Wildman–Crippen LogP) is 0.554. The van der Waals surface area contributed by atoms with Gasteiger partial charge in [-0.3, -0.25) is 9.80 Å². The minimum absolute atomic E-state index is 0.190. The van der Waals surface area contributed by atoms with Gasteiger partial charge in [0.15, 0.2) is 0 Å². The summed E-state index contributed by atoms with van der Waals surface area (Å²) in [5.74, 6) is 0.371. The number of aliphatic hydroxyl groups is 1. The van der Waals surface area contributed by atoms with Crippen molar-refractivity contribution in [3.8, 4) is 0 Å². The van der Waals surface area contributed by atoms with E-state index in [9.17, 15) is 5.11 Å². The summed E-state index contributed by atoms with van der Waals surface area (Å²) in [6.45, 7) is 7.33. The third-order valence-corrected chi connectivity index (χ3v) is 4.86. The fourth-order valence-corrected chi connectivity index (χ4v) is 3.65. The molecule has 1 N–H and O–H groups in total. The van der Waals surface area contributed by atoms with Crippen LogP contribution in [0.25, 0.3) is 0 Å². The Morgan fingerprint density at radius 2 is 2.00 bits per heavy atom. The van der Waals surface area contributed by atoms with Crippen LogP contribution in [0.4, 0.5) is 0 Å². The lowest BCUT2D eigenvalue weighted by Crippen LogP contribution is -2.39. The fraction of sp³-hybridized carbons (Fsp3) is 1.00. The van der Waals surface area contributed by atoms with E-state index in [4.69, 9.17) is 4.74 Å². The Kier molecular flexibility index (Phi) is 4.19. The molecule has 3 aliphatic heterocycles. The number of ether oxygens (including phenoxy) is 1. The Morgan fingerprint density at radius 1 is 1.17 bits per heavy atom. The molecule has 4 heteroatoms. The van der Waals surface area contributed by atoms with Gasteiger partial charge < -0.3 is 9.84 Å². The van der Waals surface area contributed by atoms with Crippen molar-refractivity contribution in [1.29, 1.82) is 0 Å².